The van der Waals surface area contributed by atoms with E-state index in [0.29, 0.717) is 0 Å². The Morgan fingerprint density at radius 2 is 0.926 bits per heavy atom. The van der Waals surface area contributed by atoms with Gasteiger partial charge in [-0.25, -0.2) is 0 Å². The van der Waals surface area contributed by atoms with Crippen molar-refractivity contribution >= 4 is 0 Å². The second kappa shape index (κ2) is 25.7. The van der Waals surface area contributed by atoms with Gasteiger partial charge in [0.1, 0.15) is 0 Å². The van der Waals surface area contributed by atoms with E-state index in [1.54, 1.807) is 0 Å². The van der Waals surface area contributed by atoms with Crippen LogP contribution in [0.5, 0.6) is 0 Å². The van der Waals surface area contributed by atoms with Crippen molar-refractivity contribution in [1.29, 1.82) is 0 Å². The van der Waals surface area contributed by atoms with Crippen LogP contribution < -0.4 is 11.1 Å². The number of nitrogens with one attached hydrogen (secondary N) is 1. The predicted octanol–water partition coefficient (Wildman–Crippen LogP) is 7.52. The Hall–Kier alpha value is -0.340. The zero-order valence-electron chi connectivity index (χ0n) is 18.8. The van der Waals surface area contributed by atoms with Gasteiger partial charge in [-0.15, -0.1) is 0 Å². The Morgan fingerprint density at radius 3 is 1.41 bits per heavy atom. The molecule has 0 saturated carbocycles. The third-order valence-corrected chi connectivity index (χ3v) is 5.42. The number of hydrogen-bond acceptors (Lipinski definition) is 2. The van der Waals surface area contributed by atoms with Gasteiger partial charge in [-0.1, -0.05) is 103 Å². The molecule has 0 atom stereocenters. The Bertz CT molecular complexity index is 275. The second-order valence-corrected chi connectivity index (χ2v) is 8.24. The van der Waals surface area contributed by atoms with Crippen LogP contribution in [0, 0.1) is 0 Å². The highest BCUT2D eigenvalue weighted by Crippen LogP contribution is 2.12. The van der Waals surface area contributed by atoms with Crippen molar-refractivity contribution < 1.29 is 0 Å². The lowest BCUT2D eigenvalue weighted by Crippen LogP contribution is -2.19. The molecule has 0 saturated heterocycles. The molecule has 2 nitrogen and oxygen atoms in total. The third kappa shape index (κ3) is 25.7. The van der Waals surface area contributed by atoms with Gasteiger partial charge in [0, 0.05) is 0 Å². The fourth-order valence-corrected chi connectivity index (χ4v) is 3.56. The molecule has 0 rings (SSSR count). The molecule has 0 aromatic carbocycles. The van der Waals surface area contributed by atoms with Crippen LogP contribution in [-0.2, 0) is 0 Å². The van der Waals surface area contributed by atoms with E-state index in [1.165, 1.54) is 122 Å². The lowest BCUT2D eigenvalue weighted by atomic mass is 10.1. The number of allylic oxidation sites excluding steroid dienone is 2. The van der Waals surface area contributed by atoms with Gasteiger partial charge in [-0.05, 0) is 58.2 Å². The first-order valence-electron chi connectivity index (χ1n) is 12.5. The van der Waals surface area contributed by atoms with Crippen molar-refractivity contribution in [2.45, 2.75) is 129 Å². The van der Waals surface area contributed by atoms with E-state index in [0.717, 1.165) is 19.5 Å². The summed E-state index contributed by atoms with van der Waals surface area (Å²) in [4.78, 5) is 0. The zero-order valence-corrected chi connectivity index (χ0v) is 18.8. The van der Waals surface area contributed by atoms with E-state index in [4.69, 9.17) is 5.73 Å². The fraction of sp³-hybridized carbons (Fsp3) is 0.920. The highest BCUT2D eigenvalue weighted by Gasteiger charge is 1.94. The minimum absolute atomic E-state index is 0.808. The summed E-state index contributed by atoms with van der Waals surface area (Å²) in [5.74, 6) is 0. The summed E-state index contributed by atoms with van der Waals surface area (Å²) in [6, 6.07) is 0. The van der Waals surface area contributed by atoms with E-state index >= 15 is 0 Å². The molecule has 0 bridgehead atoms. The van der Waals surface area contributed by atoms with Crippen LogP contribution in [0.4, 0.5) is 0 Å². The largest absolute Gasteiger partial charge is 0.330 e. The highest BCUT2D eigenvalue weighted by atomic mass is 14.8. The second-order valence-electron chi connectivity index (χ2n) is 8.24. The molecular formula is C25H52N2. The maximum Gasteiger partial charge on any atom is -0.00369 e. The number of unbranched alkanes of at least 4 members (excludes halogenated alkanes) is 16. The van der Waals surface area contributed by atoms with Crippen molar-refractivity contribution in [2.75, 3.05) is 19.6 Å². The van der Waals surface area contributed by atoms with E-state index < -0.39 is 0 Å². The van der Waals surface area contributed by atoms with Crippen LogP contribution in [0.15, 0.2) is 12.2 Å². The third-order valence-electron chi connectivity index (χ3n) is 5.42. The summed E-state index contributed by atoms with van der Waals surface area (Å²) in [5.41, 5.74) is 5.48. The first-order valence-corrected chi connectivity index (χ1v) is 12.5. The molecule has 0 spiro atoms. The highest BCUT2D eigenvalue weighted by molar-refractivity contribution is 4.81. The van der Waals surface area contributed by atoms with Crippen molar-refractivity contribution in [3.05, 3.63) is 12.2 Å². The van der Waals surface area contributed by atoms with Crippen LogP contribution in [0.25, 0.3) is 0 Å². The first-order chi connectivity index (χ1) is 13.4. The number of nitrogens with two attached hydrogens (primary N) is 1. The summed E-state index contributed by atoms with van der Waals surface area (Å²) in [6.07, 6.45) is 31.2. The zero-order chi connectivity index (χ0) is 19.7. The van der Waals surface area contributed by atoms with Gasteiger partial charge < -0.3 is 11.1 Å². The molecule has 0 amide bonds. The topological polar surface area (TPSA) is 38.0 Å². The smallest absolute Gasteiger partial charge is 0.00369 e. The van der Waals surface area contributed by atoms with Gasteiger partial charge in [-0.3, -0.25) is 0 Å². The molecule has 0 aliphatic rings. The molecule has 0 heterocycles. The quantitative estimate of drug-likeness (QED) is 0.142. The van der Waals surface area contributed by atoms with Crippen molar-refractivity contribution in [3.63, 3.8) is 0 Å². The lowest BCUT2D eigenvalue weighted by molar-refractivity contribution is 0.539. The van der Waals surface area contributed by atoms with Gasteiger partial charge in [0.15, 0.2) is 0 Å². The summed E-state index contributed by atoms with van der Waals surface area (Å²) in [6.45, 7) is 5.36. The van der Waals surface area contributed by atoms with E-state index in [-0.39, 0.29) is 0 Å². The van der Waals surface area contributed by atoms with Gasteiger partial charge in [0.25, 0.3) is 0 Å². The summed E-state index contributed by atoms with van der Waals surface area (Å²) in [7, 11) is 0. The molecule has 0 unspecified atom stereocenters. The predicted molar refractivity (Wildman–Crippen MR) is 124 cm³/mol. The Balaban J connectivity index is 3.03. The average Bonchev–Trinajstić information content (AvgIpc) is 2.68. The molecule has 162 valence electrons. The van der Waals surface area contributed by atoms with E-state index in [9.17, 15) is 0 Å². The van der Waals surface area contributed by atoms with E-state index in [1.807, 2.05) is 0 Å². The molecule has 0 aliphatic carbocycles. The maximum absolute atomic E-state index is 5.48. The van der Waals surface area contributed by atoms with E-state index in [2.05, 4.69) is 24.4 Å². The molecule has 0 fully saturated rings. The van der Waals surface area contributed by atoms with Gasteiger partial charge in [0.05, 0.1) is 0 Å². The molecule has 0 aliphatic heterocycles. The van der Waals surface area contributed by atoms with Crippen LogP contribution >= 0.6 is 0 Å². The molecule has 0 aromatic rings. The average molecular weight is 381 g/mol. The maximum atomic E-state index is 5.48. The monoisotopic (exact) mass is 380 g/mol. The van der Waals surface area contributed by atoms with Gasteiger partial charge in [-0.2, -0.15) is 0 Å². The van der Waals surface area contributed by atoms with Crippen LogP contribution in [0.3, 0.4) is 0 Å². The van der Waals surface area contributed by atoms with Gasteiger partial charge in [0.2, 0.25) is 0 Å². The summed E-state index contributed by atoms with van der Waals surface area (Å²) < 4.78 is 0. The minimum atomic E-state index is 0.808. The first kappa shape index (κ1) is 26.7. The summed E-state index contributed by atoms with van der Waals surface area (Å²) in [5, 5.41) is 3.46. The summed E-state index contributed by atoms with van der Waals surface area (Å²) >= 11 is 0. The SMILES string of the molecule is CCCCCCCCC=CCCCCCCCCCCCCNCCCN. The van der Waals surface area contributed by atoms with Crippen molar-refractivity contribution in [1.82, 2.24) is 5.32 Å². The Kier molecular flexibility index (Phi) is 25.3. The Labute approximate surface area is 172 Å². The number of hydrogen-bond donors (Lipinski definition) is 2. The van der Waals surface area contributed by atoms with Crippen LogP contribution in [0.1, 0.15) is 129 Å². The lowest BCUT2D eigenvalue weighted by Gasteiger charge is -2.04. The minimum Gasteiger partial charge on any atom is -0.330 e. The molecule has 0 aromatic heterocycles. The molecule has 3 N–H and O–H groups in total. The fourth-order valence-electron chi connectivity index (χ4n) is 3.56. The van der Waals surface area contributed by atoms with Crippen LogP contribution in [0.2, 0.25) is 0 Å². The van der Waals surface area contributed by atoms with Crippen LogP contribution in [-0.4, -0.2) is 19.6 Å². The molecule has 2 heteroatoms. The molecular weight excluding hydrogens is 328 g/mol. The van der Waals surface area contributed by atoms with Crippen molar-refractivity contribution in [2.24, 2.45) is 5.73 Å². The van der Waals surface area contributed by atoms with Crippen molar-refractivity contribution in [3.8, 4) is 0 Å². The molecule has 27 heavy (non-hydrogen) atoms. The van der Waals surface area contributed by atoms with Gasteiger partial charge >= 0.3 is 0 Å². The number of rotatable bonds is 23. The standard InChI is InChI=1S/C25H52N2/c1-2-3-4-5-6-7-8-9-10-11-12-13-14-15-16-17-18-19-20-21-24-27-25-22-23-26/h9-10,27H,2-8,11-26H2,1H3. The normalized spacial score (nSPS) is 11.6. The molecule has 0 radical (unpaired) electrons. The Morgan fingerprint density at radius 1 is 0.519 bits per heavy atom.